The summed E-state index contributed by atoms with van der Waals surface area (Å²) in [4.78, 5) is 29.7. The molecule has 1 aliphatic heterocycles. The predicted octanol–water partition coefficient (Wildman–Crippen LogP) is 1.66. The minimum atomic E-state index is -0.572. The van der Waals surface area contributed by atoms with Crippen LogP contribution in [0, 0.1) is 0 Å². The van der Waals surface area contributed by atoms with Gasteiger partial charge < -0.3 is 15.4 Å². The summed E-state index contributed by atoms with van der Waals surface area (Å²) in [5.74, 6) is -0.161. The van der Waals surface area contributed by atoms with Gasteiger partial charge in [-0.2, -0.15) is 0 Å². The molecule has 0 bridgehead atoms. The normalized spacial score (nSPS) is 16.2. The Kier molecular flexibility index (Phi) is 5.06. The third-order valence-electron chi connectivity index (χ3n) is 4.59. The van der Waals surface area contributed by atoms with E-state index >= 15 is 0 Å². The molecule has 2 aromatic rings. The number of hydrogen-bond donors (Lipinski definition) is 1. The molecule has 7 heteroatoms. The number of piperazine rings is 1. The number of nitrogens with zero attached hydrogens (tertiary/aromatic N) is 3. The first-order valence-electron chi connectivity index (χ1n) is 8.53. The monoisotopic (exact) mass is 344 g/mol. The molecule has 0 aliphatic carbocycles. The average Bonchev–Trinajstić information content (AvgIpc) is 2.90. The predicted molar refractivity (Wildman–Crippen MR) is 97.0 cm³/mol. The number of carbonyl (C=O) groups excluding carboxylic acids is 2. The molecule has 3 rings (SSSR count). The van der Waals surface area contributed by atoms with E-state index in [-0.39, 0.29) is 24.6 Å². The Balaban J connectivity index is 1.96. The fraction of sp³-hybridized carbons (Fsp3) is 0.444. The zero-order valence-corrected chi connectivity index (χ0v) is 14.7. The topological polar surface area (TPSA) is 80.8 Å². The number of hydrogen-bond acceptors (Lipinski definition) is 6. The fourth-order valence-electron chi connectivity index (χ4n) is 3.20. The number of ether oxygens (including phenoxy) is 1. The second kappa shape index (κ2) is 7.25. The molecule has 25 heavy (non-hydrogen) atoms. The molecule has 1 saturated heterocycles. The van der Waals surface area contributed by atoms with E-state index in [0.29, 0.717) is 16.6 Å². The molecule has 2 N–H and O–H groups in total. The summed E-state index contributed by atoms with van der Waals surface area (Å²) in [6.45, 7) is 5.70. The first-order chi connectivity index (χ1) is 12.0. The van der Waals surface area contributed by atoms with Gasteiger partial charge in [0.05, 0.1) is 24.4 Å². The van der Waals surface area contributed by atoms with Crippen molar-refractivity contribution in [2.75, 3.05) is 52.1 Å². The van der Waals surface area contributed by atoms with Crippen LogP contribution in [0.2, 0.25) is 0 Å². The number of likely N-dealkylation sites (N-methyl/N-ethyl adjacent to an activating group) is 1. The van der Waals surface area contributed by atoms with Crippen LogP contribution < -0.4 is 5.73 Å². The molecule has 1 aromatic heterocycles. The summed E-state index contributed by atoms with van der Waals surface area (Å²) >= 11 is 0. The van der Waals surface area contributed by atoms with E-state index < -0.39 is 6.09 Å². The number of carbonyl (C=O) groups is 2. The highest BCUT2D eigenvalue weighted by atomic mass is 16.5. The molecule has 1 aromatic carbocycles. The van der Waals surface area contributed by atoms with Gasteiger partial charge in [-0.1, -0.05) is 18.2 Å². The SMILES string of the molecule is CCOC(=O)n1c(C(=O)CN2CCN(C)CC2)c(N)c2ccccc21. The van der Waals surface area contributed by atoms with Crippen molar-refractivity contribution in [1.29, 1.82) is 0 Å². The van der Waals surface area contributed by atoms with E-state index in [9.17, 15) is 9.59 Å². The van der Waals surface area contributed by atoms with Gasteiger partial charge in [0.15, 0.2) is 5.78 Å². The van der Waals surface area contributed by atoms with Crippen LogP contribution in [0.1, 0.15) is 17.4 Å². The van der Waals surface area contributed by atoms with Crippen molar-refractivity contribution in [3.63, 3.8) is 0 Å². The van der Waals surface area contributed by atoms with Crippen molar-refractivity contribution in [2.24, 2.45) is 0 Å². The number of Topliss-reactive ketones (excluding diaryl/α,β-unsaturated/α-hetero) is 1. The van der Waals surface area contributed by atoms with Crippen LogP contribution in [0.25, 0.3) is 10.9 Å². The van der Waals surface area contributed by atoms with Gasteiger partial charge in [0.25, 0.3) is 0 Å². The van der Waals surface area contributed by atoms with Crippen LogP contribution in [-0.4, -0.2) is 72.6 Å². The summed E-state index contributed by atoms with van der Waals surface area (Å²) in [5.41, 5.74) is 7.38. The highest BCUT2D eigenvalue weighted by molar-refractivity contribution is 6.13. The molecule has 2 heterocycles. The van der Waals surface area contributed by atoms with Gasteiger partial charge in [-0.15, -0.1) is 0 Å². The van der Waals surface area contributed by atoms with Crippen molar-refractivity contribution in [1.82, 2.24) is 14.4 Å². The van der Waals surface area contributed by atoms with Crippen LogP contribution in [-0.2, 0) is 4.74 Å². The maximum Gasteiger partial charge on any atom is 0.419 e. The lowest BCUT2D eigenvalue weighted by atomic mass is 10.2. The lowest BCUT2D eigenvalue weighted by Crippen LogP contribution is -2.46. The summed E-state index contributed by atoms with van der Waals surface area (Å²) < 4.78 is 6.45. The quantitative estimate of drug-likeness (QED) is 0.850. The van der Waals surface area contributed by atoms with Crippen molar-refractivity contribution in [2.45, 2.75) is 6.92 Å². The fourth-order valence-corrected chi connectivity index (χ4v) is 3.20. The number of ketones is 1. The molecule has 0 saturated carbocycles. The molecule has 0 radical (unpaired) electrons. The number of aromatic nitrogens is 1. The first kappa shape index (κ1) is 17.4. The summed E-state index contributed by atoms with van der Waals surface area (Å²) in [5, 5.41) is 0.692. The summed E-state index contributed by atoms with van der Waals surface area (Å²) in [7, 11) is 2.07. The van der Waals surface area contributed by atoms with Crippen LogP contribution in [0.4, 0.5) is 10.5 Å². The number of anilines is 1. The number of nitrogen functional groups attached to an aromatic ring is 1. The highest BCUT2D eigenvalue weighted by Crippen LogP contribution is 2.29. The molecular formula is C18H24N4O3. The zero-order chi connectivity index (χ0) is 18.0. The molecule has 0 spiro atoms. The van der Waals surface area contributed by atoms with Gasteiger partial charge in [-0.3, -0.25) is 9.69 Å². The van der Waals surface area contributed by atoms with Crippen LogP contribution in [0.3, 0.4) is 0 Å². The van der Waals surface area contributed by atoms with Crippen LogP contribution in [0.15, 0.2) is 24.3 Å². The van der Waals surface area contributed by atoms with Crippen molar-refractivity contribution >= 4 is 28.5 Å². The summed E-state index contributed by atoms with van der Waals surface area (Å²) in [6, 6.07) is 7.23. The van der Waals surface area contributed by atoms with Gasteiger partial charge in [0.1, 0.15) is 5.69 Å². The first-order valence-corrected chi connectivity index (χ1v) is 8.53. The molecular weight excluding hydrogens is 320 g/mol. The van der Waals surface area contributed by atoms with Gasteiger partial charge >= 0.3 is 6.09 Å². The lowest BCUT2D eigenvalue weighted by Gasteiger charge is -2.31. The van der Waals surface area contributed by atoms with Crippen LogP contribution >= 0.6 is 0 Å². The molecule has 7 nitrogen and oxygen atoms in total. The summed E-state index contributed by atoms with van der Waals surface area (Å²) in [6.07, 6.45) is -0.572. The third kappa shape index (κ3) is 3.38. The second-order valence-corrected chi connectivity index (χ2v) is 6.32. The van der Waals surface area contributed by atoms with Crippen molar-refractivity contribution < 1.29 is 14.3 Å². The van der Waals surface area contributed by atoms with Gasteiger partial charge in [0.2, 0.25) is 0 Å². The van der Waals surface area contributed by atoms with Gasteiger partial charge in [-0.05, 0) is 20.0 Å². The van der Waals surface area contributed by atoms with E-state index in [1.165, 1.54) is 4.57 Å². The van der Waals surface area contributed by atoms with Crippen molar-refractivity contribution in [3.05, 3.63) is 30.0 Å². The zero-order valence-electron chi connectivity index (χ0n) is 14.7. The van der Waals surface area contributed by atoms with Gasteiger partial charge in [0, 0.05) is 31.6 Å². The Morgan fingerprint density at radius 3 is 2.52 bits per heavy atom. The standard InChI is InChI=1S/C18H24N4O3/c1-3-25-18(24)22-14-7-5-4-6-13(14)16(19)17(22)15(23)12-21-10-8-20(2)9-11-21/h4-7H,3,8-12,19H2,1-2H3. The Morgan fingerprint density at radius 1 is 1.16 bits per heavy atom. The minimum Gasteiger partial charge on any atom is -0.449 e. The number of benzene rings is 1. The average molecular weight is 344 g/mol. The molecule has 1 fully saturated rings. The third-order valence-corrected chi connectivity index (χ3v) is 4.59. The highest BCUT2D eigenvalue weighted by Gasteiger charge is 2.27. The maximum absolute atomic E-state index is 13.0. The minimum absolute atomic E-state index is 0.161. The van der Waals surface area contributed by atoms with E-state index in [2.05, 4.69) is 16.8 Å². The Hall–Kier alpha value is -2.38. The molecule has 0 amide bonds. The van der Waals surface area contributed by atoms with E-state index in [1.54, 1.807) is 13.0 Å². The van der Waals surface area contributed by atoms with Crippen LogP contribution in [0.5, 0.6) is 0 Å². The molecule has 134 valence electrons. The number of para-hydroxylation sites is 1. The Morgan fingerprint density at radius 2 is 1.84 bits per heavy atom. The molecule has 0 atom stereocenters. The van der Waals surface area contributed by atoms with E-state index in [1.807, 2.05) is 18.2 Å². The number of fused-ring (bicyclic) bond motifs is 1. The van der Waals surface area contributed by atoms with E-state index in [0.717, 1.165) is 26.2 Å². The van der Waals surface area contributed by atoms with E-state index in [4.69, 9.17) is 10.5 Å². The number of rotatable bonds is 4. The lowest BCUT2D eigenvalue weighted by molar-refractivity contribution is 0.0865. The maximum atomic E-state index is 13.0. The molecule has 1 aliphatic rings. The Bertz CT molecular complexity index is 791. The van der Waals surface area contributed by atoms with Gasteiger partial charge in [-0.25, -0.2) is 9.36 Å². The largest absolute Gasteiger partial charge is 0.449 e. The number of nitrogens with two attached hydrogens (primary N) is 1. The second-order valence-electron chi connectivity index (χ2n) is 6.32. The molecule has 0 unspecified atom stereocenters. The smallest absolute Gasteiger partial charge is 0.419 e. The van der Waals surface area contributed by atoms with Crippen molar-refractivity contribution in [3.8, 4) is 0 Å². The Labute approximate surface area is 146 Å².